The predicted octanol–water partition coefficient (Wildman–Crippen LogP) is 2.73. The van der Waals surface area contributed by atoms with Crippen LogP contribution in [-0.2, 0) is 6.54 Å². The molecule has 0 saturated heterocycles. The summed E-state index contributed by atoms with van der Waals surface area (Å²) in [5.74, 6) is 1.00. The number of benzene rings is 1. The fourth-order valence-electron chi connectivity index (χ4n) is 2.59. The molecule has 0 aliphatic carbocycles. The van der Waals surface area contributed by atoms with Gasteiger partial charge in [0.2, 0.25) is 0 Å². The molecular formula is C16H28N2O. The number of hydrogen-bond acceptors (Lipinski definition) is 3. The minimum absolute atomic E-state index is 0.140. The fourth-order valence-corrected chi connectivity index (χ4v) is 2.59. The average Bonchev–Trinajstić information content (AvgIpc) is 2.27. The van der Waals surface area contributed by atoms with Crippen LogP contribution >= 0.6 is 0 Å². The Morgan fingerprint density at radius 2 is 1.89 bits per heavy atom. The molecule has 1 rings (SSSR count). The summed E-state index contributed by atoms with van der Waals surface area (Å²) in [5.41, 5.74) is 9.66. The van der Waals surface area contributed by atoms with Gasteiger partial charge in [0.25, 0.3) is 0 Å². The first-order chi connectivity index (χ1) is 8.79. The van der Waals surface area contributed by atoms with Gasteiger partial charge in [-0.2, -0.15) is 0 Å². The SMILES string of the molecule is COc1c(C)cc(C)cc1CN(C)CC(C)(C)CN. The van der Waals surface area contributed by atoms with Crippen molar-refractivity contribution in [1.82, 2.24) is 4.90 Å². The van der Waals surface area contributed by atoms with Crippen LogP contribution in [0.15, 0.2) is 12.1 Å². The summed E-state index contributed by atoms with van der Waals surface area (Å²) in [6.45, 7) is 11.2. The van der Waals surface area contributed by atoms with Gasteiger partial charge in [0, 0.05) is 18.7 Å². The second kappa shape index (κ2) is 6.40. The molecule has 0 unspecified atom stereocenters. The Morgan fingerprint density at radius 3 is 2.42 bits per heavy atom. The van der Waals surface area contributed by atoms with Gasteiger partial charge in [0.15, 0.2) is 0 Å². The van der Waals surface area contributed by atoms with Crippen molar-refractivity contribution >= 4 is 0 Å². The summed E-state index contributed by atoms with van der Waals surface area (Å²) in [4.78, 5) is 2.31. The summed E-state index contributed by atoms with van der Waals surface area (Å²) < 4.78 is 5.54. The van der Waals surface area contributed by atoms with Gasteiger partial charge in [-0.1, -0.05) is 31.5 Å². The Hall–Kier alpha value is -1.06. The lowest BCUT2D eigenvalue weighted by atomic mass is 9.93. The summed E-state index contributed by atoms with van der Waals surface area (Å²) in [6.07, 6.45) is 0. The van der Waals surface area contributed by atoms with E-state index in [1.54, 1.807) is 7.11 Å². The summed E-state index contributed by atoms with van der Waals surface area (Å²) in [5, 5.41) is 0. The first-order valence-electron chi connectivity index (χ1n) is 6.82. The van der Waals surface area contributed by atoms with E-state index in [1.807, 2.05) is 0 Å². The minimum Gasteiger partial charge on any atom is -0.496 e. The summed E-state index contributed by atoms with van der Waals surface area (Å²) >= 11 is 0. The van der Waals surface area contributed by atoms with Crippen LogP contribution in [0, 0.1) is 19.3 Å². The van der Waals surface area contributed by atoms with Gasteiger partial charge >= 0.3 is 0 Å². The van der Waals surface area contributed by atoms with Gasteiger partial charge in [-0.3, -0.25) is 0 Å². The number of methoxy groups -OCH3 is 1. The van der Waals surface area contributed by atoms with E-state index in [2.05, 4.69) is 51.8 Å². The van der Waals surface area contributed by atoms with E-state index in [4.69, 9.17) is 10.5 Å². The molecule has 1 aromatic carbocycles. The molecule has 0 bridgehead atoms. The zero-order valence-corrected chi connectivity index (χ0v) is 13.2. The number of nitrogens with zero attached hydrogens (tertiary/aromatic N) is 1. The lowest BCUT2D eigenvalue weighted by molar-refractivity contribution is 0.208. The first kappa shape index (κ1) is 16.0. The standard InChI is InChI=1S/C16H28N2O/c1-12-7-13(2)15(19-6)14(8-12)9-18(5)11-16(3,4)10-17/h7-8H,9-11,17H2,1-6H3. The molecule has 0 heterocycles. The summed E-state index contributed by atoms with van der Waals surface area (Å²) in [6, 6.07) is 4.37. The van der Waals surface area contributed by atoms with Crippen molar-refractivity contribution in [2.45, 2.75) is 34.2 Å². The van der Waals surface area contributed by atoms with E-state index in [0.29, 0.717) is 6.54 Å². The van der Waals surface area contributed by atoms with Crippen LogP contribution in [0.1, 0.15) is 30.5 Å². The smallest absolute Gasteiger partial charge is 0.126 e. The fraction of sp³-hybridized carbons (Fsp3) is 0.625. The largest absolute Gasteiger partial charge is 0.496 e. The average molecular weight is 264 g/mol. The van der Waals surface area contributed by atoms with Gasteiger partial charge < -0.3 is 15.4 Å². The Bertz CT molecular complexity index is 427. The first-order valence-corrected chi connectivity index (χ1v) is 6.82. The third kappa shape index (κ3) is 4.51. The molecule has 0 spiro atoms. The molecule has 0 amide bonds. The van der Waals surface area contributed by atoms with Crippen LogP contribution in [0.3, 0.4) is 0 Å². The molecule has 3 heteroatoms. The van der Waals surface area contributed by atoms with E-state index in [0.717, 1.165) is 18.8 Å². The van der Waals surface area contributed by atoms with Crippen molar-refractivity contribution in [3.63, 3.8) is 0 Å². The van der Waals surface area contributed by atoms with Crippen LogP contribution in [0.25, 0.3) is 0 Å². The van der Waals surface area contributed by atoms with E-state index in [-0.39, 0.29) is 5.41 Å². The third-order valence-corrected chi connectivity index (χ3v) is 3.39. The molecule has 19 heavy (non-hydrogen) atoms. The molecular weight excluding hydrogens is 236 g/mol. The molecule has 0 saturated carbocycles. The number of nitrogens with two attached hydrogens (primary N) is 1. The Kier molecular flexibility index (Phi) is 5.39. The topological polar surface area (TPSA) is 38.5 Å². The Morgan fingerprint density at radius 1 is 1.26 bits per heavy atom. The lowest BCUT2D eigenvalue weighted by Crippen LogP contribution is -2.36. The monoisotopic (exact) mass is 264 g/mol. The molecule has 0 radical (unpaired) electrons. The second-order valence-electron chi connectivity index (χ2n) is 6.31. The minimum atomic E-state index is 0.140. The normalized spacial score (nSPS) is 12.0. The zero-order valence-electron chi connectivity index (χ0n) is 13.2. The molecule has 108 valence electrons. The van der Waals surface area contributed by atoms with Crippen LogP contribution in [-0.4, -0.2) is 32.1 Å². The van der Waals surface area contributed by atoms with E-state index in [9.17, 15) is 0 Å². The lowest BCUT2D eigenvalue weighted by Gasteiger charge is -2.29. The molecule has 3 nitrogen and oxygen atoms in total. The number of hydrogen-bond donors (Lipinski definition) is 1. The van der Waals surface area contributed by atoms with Gasteiger partial charge in [0.05, 0.1) is 7.11 Å². The van der Waals surface area contributed by atoms with Gasteiger partial charge in [-0.05, 0) is 38.4 Å². The van der Waals surface area contributed by atoms with E-state index >= 15 is 0 Å². The van der Waals surface area contributed by atoms with Gasteiger partial charge in [-0.15, -0.1) is 0 Å². The van der Waals surface area contributed by atoms with Crippen molar-refractivity contribution in [3.05, 3.63) is 28.8 Å². The Balaban J connectivity index is 2.87. The Labute approximate surface area is 117 Å². The second-order valence-corrected chi connectivity index (χ2v) is 6.31. The van der Waals surface area contributed by atoms with Crippen molar-refractivity contribution in [1.29, 1.82) is 0 Å². The van der Waals surface area contributed by atoms with Crippen LogP contribution in [0.4, 0.5) is 0 Å². The predicted molar refractivity (Wildman–Crippen MR) is 81.6 cm³/mol. The highest BCUT2D eigenvalue weighted by Gasteiger charge is 2.19. The quantitative estimate of drug-likeness (QED) is 0.858. The molecule has 0 atom stereocenters. The number of rotatable bonds is 6. The third-order valence-electron chi connectivity index (χ3n) is 3.39. The zero-order chi connectivity index (χ0) is 14.6. The maximum absolute atomic E-state index is 5.80. The van der Waals surface area contributed by atoms with Gasteiger partial charge in [0.1, 0.15) is 5.75 Å². The number of aryl methyl sites for hydroxylation is 2. The molecule has 0 aliphatic rings. The maximum atomic E-state index is 5.80. The maximum Gasteiger partial charge on any atom is 0.126 e. The highest BCUT2D eigenvalue weighted by molar-refractivity contribution is 5.43. The molecule has 0 fully saturated rings. The molecule has 1 aromatic rings. The van der Waals surface area contributed by atoms with Crippen molar-refractivity contribution < 1.29 is 4.74 Å². The molecule has 2 N–H and O–H groups in total. The van der Waals surface area contributed by atoms with Crippen molar-refractivity contribution in [3.8, 4) is 5.75 Å². The van der Waals surface area contributed by atoms with Crippen molar-refractivity contribution in [2.75, 3.05) is 27.2 Å². The van der Waals surface area contributed by atoms with E-state index in [1.165, 1.54) is 16.7 Å². The molecule has 0 aliphatic heterocycles. The van der Waals surface area contributed by atoms with Gasteiger partial charge in [-0.25, -0.2) is 0 Å². The van der Waals surface area contributed by atoms with Crippen molar-refractivity contribution in [2.24, 2.45) is 11.1 Å². The van der Waals surface area contributed by atoms with E-state index < -0.39 is 0 Å². The highest BCUT2D eigenvalue weighted by Crippen LogP contribution is 2.27. The van der Waals surface area contributed by atoms with Crippen LogP contribution in [0.2, 0.25) is 0 Å². The molecule has 0 aromatic heterocycles. The number of ether oxygens (including phenoxy) is 1. The summed E-state index contributed by atoms with van der Waals surface area (Å²) in [7, 11) is 3.87. The van der Waals surface area contributed by atoms with Crippen LogP contribution < -0.4 is 10.5 Å². The highest BCUT2D eigenvalue weighted by atomic mass is 16.5. The van der Waals surface area contributed by atoms with Crippen LogP contribution in [0.5, 0.6) is 5.75 Å².